The van der Waals surface area contributed by atoms with Gasteiger partial charge in [0.2, 0.25) is 5.91 Å². The number of nitro groups is 1. The van der Waals surface area contributed by atoms with Crippen molar-refractivity contribution >= 4 is 29.1 Å². The quantitative estimate of drug-likeness (QED) is 0.638. The SMILES string of the molecule is CNC(=O)C(C)(C)CNC(=O)c1cccc([N+](=O)[O-])c1Cl. The molecule has 0 aliphatic rings. The number of nitrogens with one attached hydrogen (secondary N) is 2. The fourth-order valence-electron chi connectivity index (χ4n) is 1.65. The molecule has 0 radical (unpaired) electrons. The zero-order valence-electron chi connectivity index (χ0n) is 11.9. The number of nitrogens with zero attached hydrogens (tertiary/aromatic N) is 1. The number of halogens is 1. The van der Waals surface area contributed by atoms with Gasteiger partial charge in [0.15, 0.2) is 0 Å². The van der Waals surface area contributed by atoms with E-state index in [1.807, 2.05) is 0 Å². The number of amides is 2. The van der Waals surface area contributed by atoms with Crippen LogP contribution in [0.2, 0.25) is 5.02 Å². The number of benzene rings is 1. The van der Waals surface area contributed by atoms with Crippen LogP contribution in [0.25, 0.3) is 0 Å². The number of carbonyl (C=O) groups excluding carboxylic acids is 2. The standard InChI is InChI=1S/C13H16ClN3O4/c1-13(2,12(19)15-3)7-16-11(18)8-5-4-6-9(10(8)14)17(20)21/h4-6H,7H2,1-3H3,(H,15,19)(H,16,18). The average Bonchev–Trinajstić information content (AvgIpc) is 2.43. The van der Waals surface area contributed by atoms with Crippen LogP contribution in [0.5, 0.6) is 0 Å². The molecule has 8 heteroatoms. The van der Waals surface area contributed by atoms with E-state index in [0.717, 1.165) is 0 Å². The molecule has 7 nitrogen and oxygen atoms in total. The second-order valence-electron chi connectivity index (χ2n) is 5.04. The third-order valence-electron chi connectivity index (χ3n) is 2.95. The third-order valence-corrected chi connectivity index (χ3v) is 3.35. The van der Waals surface area contributed by atoms with Crippen LogP contribution in [-0.4, -0.2) is 30.3 Å². The lowest BCUT2D eigenvalue weighted by molar-refractivity contribution is -0.384. The monoisotopic (exact) mass is 313 g/mol. The van der Waals surface area contributed by atoms with Gasteiger partial charge in [-0.2, -0.15) is 0 Å². The number of rotatable bonds is 5. The summed E-state index contributed by atoms with van der Waals surface area (Å²) in [5.41, 5.74) is -1.15. The van der Waals surface area contributed by atoms with E-state index < -0.39 is 16.2 Å². The van der Waals surface area contributed by atoms with Crippen LogP contribution < -0.4 is 10.6 Å². The molecule has 0 aliphatic heterocycles. The van der Waals surface area contributed by atoms with E-state index in [0.29, 0.717) is 0 Å². The summed E-state index contributed by atoms with van der Waals surface area (Å²) in [4.78, 5) is 33.8. The van der Waals surface area contributed by atoms with E-state index >= 15 is 0 Å². The minimum absolute atomic E-state index is 0.00132. The van der Waals surface area contributed by atoms with E-state index in [1.165, 1.54) is 25.2 Å². The molecule has 0 unspecified atom stereocenters. The van der Waals surface area contributed by atoms with Gasteiger partial charge >= 0.3 is 0 Å². The molecule has 2 N–H and O–H groups in total. The number of carbonyl (C=O) groups is 2. The van der Waals surface area contributed by atoms with Gasteiger partial charge in [0, 0.05) is 19.7 Å². The van der Waals surface area contributed by atoms with Gasteiger partial charge in [-0.3, -0.25) is 19.7 Å². The minimum atomic E-state index is -0.808. The van der Waals surface area contributed by atoms with Gasteiger partial charge in [0.25, 0.3) is 11.6 Å². The highest BCUT2D eigenvalue weighted by Crippen LogP contribution is 2.27. The van der Waals surface area contributed by atoms with Gasteiger partial charge in [0.1, 0.15) is 5.02 Å². The van der Waals surface area contributed by atoms with Crippen molar-refractivity contribution in [3.8, 4) is 0 Å². The lowest BCUT2D eigenvalue weighted by atomic mass is 9.92. The van der Waals surface area contributed by atoms with E-state index in [1.54, 1.807) is 13.8 Å². The van der Waals surface area contributed by atoms with Crippen LogP contribution in [0, 0.1) is 15.5 Å². The Hall–Kier alpha value is -2.15. The summed E-state index contributed by atoms with van der Waals surface area (Å²) < 4.78 is 0. The second kappa shape index (κ2) is 6.53. The predicted octanol–water partition coefficient (Wildman–Crippen LogP) is 1.75. The molecule has 1 aromatic carbocycles. The second-order valence-corrected chi connectivity index (χ2v) is 5.42. The molecule has 0 aliphatic carbocycles. The zero-order chi connectivity index (χ0) is 16.2. The Morgan fingerprint density at radius 3 is 2.52 bits per heavy atom. The first-order valence-corrected chi connectivity index (χ1v) is 6.52. The van der Waals surface area contributed by atoms with Crippen molar-refractivity contribution in [3.63, 3.8) is 0 Å². The number of nitro benzene ring substituents is 1. The fraction of sp³-hybridized carbons (Fsp3) is 0.385. The topological polar surface area (TPSA) is 101 Å². The Kier molecular flexibility index (Phi) is 5.26. The van der Waals surface area contributed by atoms with E-state index in [2.05, 4.69) is 10.6 Å². The third kappa shape index (κ3) is 3.91. The summed E-state index contributed by atoms with van der Waals surface area (Å²) in [6, 6.07) is 3.98. The van der Waals surface area contributed by atoms with Crippen LogP contribution in [0.15, 0.2) is 18.2 Å². The van der Waals surface area contributed by atoms with Gasteiger partial charge in [-0.15, -0.1) is 0 Å². The summed E-state index contributed by atoms with van der Waals surface area (Å²) in [7, 11) is 1.50. The molecular weight excluding hydrogens is 298 g/mol. The van der Waals surface area contributed by atoms with Crippen LogP contribution in [0.3, 0.4) is 0 Å². The number of hydrogen-bond donors (Lipinski definition) is 2. The van der Waals surface area contributed by atoms with Crippen molar-refractivity contribution in [1.29, 1.82) is 0 Å². The molecule has 2 amide bonds. The first-order valence-electron chi connectivity index (χ1n) is 6.14. The molecule has 0 aromatic heterocycles. The highest BCUT2D eigenvalue weighted by molar-refractivity contribution is 6.35. The molecular formula is C13H16ClN3O4. The highest BCUT2D eigenvalue weighted by Gasteiger charge is 2.28. The highest BCUT2D eigenvalue weighted by atomic mass is 35.5. The van der Waals surface area contributed by atoms with Gasteiger partial charge in [0.05, 0.1) is 15.9 Å². The van der Waals surface area contributed by atoms with Crippen molar-refractivity contribution in [1.82, 2.24) is 10.6 Å². The van der Waals surface area contributed by atoms with Gasteiger partial charge in [-0.05, 0) is 19.9 Å². The minimum Gasteiger partial charge on any atom is -0.359 e. The van der Waals surface area contributed by atoms with Crippen molar-refractivity contribution in [2.45, 2.75) is 13.8 Å². The Morgan fingerprint density at radius 1 is 1.38 bits per heavy atom. The maximum Gasteiger partial charge on any atom is 0.288 e. The molecule has 0 saturated carbocycles. The molecule has 1 aromatic rings. The smallest absolute Gasteiger partial charge is 0.288 e. The molecule has 1 rings (SSSR count). The van der Waals surface area contributed by atoms with E-state index in [-0.39, 0.29) is 28.7 Å². The molecule has 21 heavy (non-hydrogen) atoms. The summed E-state index contributed by atoms with van der Waals surface area (Å²) in [6.45, 7) is 3.41. The molecule has 0 atom stereocenters. The maximum atomic E-state index is 12.0. The lowest BCUT2D eigenvalue weighted by Crippen LogP contribution is -2.43. The lowest BCUT2D eigenvalue weighted by Gasteiger charge is -2.22. The molecule has 0 heterocycles. The fourth-order valence-corrected chi connectivity index (χ4v) is 1.93. The van der Waals surface area contributed by atoms with Crippen LogP contribution in [0.1, 0.15) is 24.2 Å². The Balaban J connectivity index is 2.89. The Labute approximate surface area is 126 Å². The predicted molar refractivity (Wildman–Crippen MR) is 78.3 cm³/mol. The summed E-state index contributed by atoms with van der Waals surface area (Å²) in [5, 5.41) is 15.6. The van der Waals surface area contributed by atoms with Crippen molar-refractivity contribution in [2.75, 3.05) is 13.6 Å². The van der Waals surface area contributed by atoms with Crippen molar-refractivity contribution in [3.05, 3.63) is 38.9 Å². The van der Waals surface area contributed by atoms with Gasteiger partial charge in [-0.25, -0.2) is 0 Å². The van der Waals surface area contributed by atoms with Gasteiger partial charge < -0.3 is 10.6 Å². The molecule has 0 bridgehead atoms. The average molecular weight is 314 g/mol. The van der Waals surface area contributed by atoms with Gasteiger partial charge in [-0.1, -0.05) is 17.7 Å². The van der Waals surface area contributed by atoms with E-state index in [4.69, 9.17) is 11.6 Å². The normalized spacial score (nSPS) is 10.9. The maximum absolute atomic E-state index is 12.0. The van der Waals surface area contributed by atoms with Crippen molar-refractivity contribution in [2.24, 2.45) is 5.41 Å². The van der Waals surface area contributed by atoms with Crippen LogP contribution in [-0.2, 0) is 4.79 Å². The zero-order valence-corrected chi connectivity index (χ0v) is 12.7. The Morgan fingerprint density at radius 2 is 2.00 bits per heavy atom. The molecule has 114 valence electrons. The molecule has 0 saturated heterocycles. The van der Waals surface area contributed by atoms with E-state index in [9.17, 15) is 19.7 Å². The largest absolute Gasteiger partial charge is 0.359 e. The van der Waals surface area contributed by atoms with Crippen molar-refractivity contribution < 1.29 is 14.5 Å². The summed E-state index contributed by atoms with van der Waals surface area (Å²) >= 11 is 5.86. The summed E-state index contributed by atoms with van der Waals surface area (Å²) in [6.07, 6.45) is 0. The summed E-state index contributed by atoms with van der Waals surface area (Å²) in [5.74, 6) is -0.798. The first kappa shape index (κ1) is 16.9. The Bertz CT molecular complexity index is 587. The van der Waals surface area contributed by atoms with Crippen LogP contribution >= 0.6 is 11.6 Å². The van der Waals surface area contributed by atoms with Crippen LogP contribution in [0.4, 0.5) is 5.69 Å². The first-order chi connectivity index (χ1) is 9.70. The number of hydrogen-bond acceptors (Lipinski definition) is 4. The molecule has 0 spiro atoms. The molecule has 0 fully saturated rings.